The first kappa shape index (κ1) is 33.6. The quantitative estimate of drug-likeness (QED) is 0.232. The number of nitrogens with one attached hydrogen (secondary N) is 1. The zero-order valence-electron chi connectivity index (χ0n) is 26.0. The SMILES string of the molecule is CCOc1ccc(N(CCCC(=O)N(Cc2ccc(C)cc2)[C@@H](Cc2ccccc2)C(=O)N[C@@H](C)CC)S(C)(=O)=O)cc1. The largest absolute Gasteiger partial charge is 0.494 e. The van der Waals surface area contributed by atoms with Crippen molar-refractivity contribution in [2.24, 2.45) is 0 Å². The number of ether oxygens (including phenoxy) is 1. The molecular weight excluding hydrogens is 562 g/mol. The Hall–Kier alpha value is -3.85. The lowest BCUT2D eigenvalue weighted by Crippen LogP contribution is -2.52. The van der Waals surface area contributed by atoms with Crippen molar-refractivity contribution in [3.05, 3.63) is 95.6 Å². The van der Waals surface area contributed by atoms with Gasteiger partial charge in [-0.1, -0.05) is 67.1 Å². The van der Waals surface area contributed by atoms with E-state index >= 15 is 0 Å². The molecule has 43 heavy (non-hydrogen) atoms. The summed E-state index contributed by atoms with van der Waals surface area (Å²) in [6, 6.07) is 23.7. The molecule has 1 N–H and O–H groups in total. The minimum absolute atomic E-state index is 0.0421. The molecule has 0 radical (unpaired) electrons. The van der Waals surface area contributed by atoms with Gasteiger partial charge in [-0.25, -0.2) is 8.42 Å². The molecule has 0 spiro atoms. The molecule has 2 atom stereocenters. The molecule has 9 heteroatoms. The van der Waals surface area contributed by atoms with Gasteiger partial charge in [0.2, 0.25) is 21.8 Å². The van der Waals surface area contributed by atoms with Crippen LogP contribution in [0.5, 0.6) is 5.75 Å². The molecule has 0 heterocycles. The highest BCUT2D eigenvalue weighted by Crippen LogP contribution is 2.23. The number of nitrogens with zero attached hydrogens (tertiary/aromatic N) is 2. The highest BCUT2D eigenvalue weighted by atomic mass is 32.2. The Kier molecular flexibility index (Phi) is 12.6. The smallest absolute Gasteiger partial charge is 0.243 e. The predicted octanol–water partition coefficient (Wildman–Crippen LogP) is 5.49. The van der Waals surface area contributed by atoms with Crippen LogP contribution in [0.4, 0.5) is 5.69 Å². The fourth-order valence-electron chi connectivity index (χ4n) is 4.76. The lowest BCUT2D eigenvalue weighted by atomic mass is 10.0. The van der Waals surface area contributed by atoms with Gasteiger partial charge in [-0.3, -0.25) is 13.9 Å². The van der Waals surface area contributed by atoms with Crippen LogP contribution in [-0.2, 0) is 32.6 Å². The third kappa shape index (κ3) is 10.4. The molecule has 0 aliphatic carbocycles. The van der Waals surface area contributed by atoms with Crippen molar-refractivity contribution >= 4 is 27.5 Å². The summed E-state index contributed by atoms with van der Waals surface area (Å²) in [5, 5.41) is 3.08. The molecular formula is C34H45N3O5S. The molecule has 0 saturated carbocycles. The summed E-state index contributed by atoms with van der Waals surface area (Å²) in [4.78, 5) is 29.3. The summed E-state index contributed by atoms with van der Waals surface area (Å²) >= 11 is 0. The Morgan fingerprint density at radius 3 is 2.14 bits per heavy atom. The Labute approximate surface area is 257 Å². The van der Waals surface area contributed by atoms with Crippen LogP contribution in [0, 0.1) is 6.92 Å². The molecule has 3 rings (SSSR count). The van der Waals surface area contributed by atoms with E-state index in [4.69, 9.17) is 4.74 Å². The van der Waals surface area contributed by atoms with Crippen molar-refractivity contribution in [2.45, 2.75) is 72.0 Å². The van der Waals surface area contributed by atoms with Gasteiger partial charge in [-0.2, -0.15) is 0 Å². The van der Waals surface area contributed by atoms with Crippen LogP contribution >= 0.6 is 0 Å². The number of amides is 2. The number of aryl methyl sites for hydroxylation is 1. The summed E-state index contributed by atoms with van der Waals surface area (Å²) in [6.45, 7) is 8.74. The first-order valence-electron chi connectivity index (χ1n) is 14.9. The number of anilines is 1. The normalized spacial score (nSPS) is 12.7. The van der Waals surface area contributed by atoms with Gasteiger partial charge in [-0.15, -0.1) is 0 Å². The lowest BCUT2D eigenvalue weighted by Gasteiger charge is -2.32. The van der Waals surface area contributed by atoms with E-state index in [1.807, 2.05) is 82.3 Å². The van der Waals surface area contributed by atoms with E-state index in [9.17, 15) is 18.0 Å². The van der Waals surface area contributed by atoms with E-state index in [0.717, 1.165) is 29.4 Å². The first-order chi connectivity index (χ1) is 20.5. The van der Waals surface area contributed by atoms with E-state index in [0.29, 0.717) is 24.5 Å². The second kappa shape index (κ2) is 16.1. The van der Waals surface area contributed by atoms with Crippen molar-refractivity contribution < 1.29 is 22.7 Å². The molecule has 0 fully saturated rings. The third-order valence-corrected chi connectivity index (χ3v) is 8.53. The van der Waals surface area contributed by atoms with Crippen LogP contribution in [0.2, 0.25) is 0 Å². The minimum Gasteiger partial charge on any atom is -0.494 e. The van der Waals surface area contributed by atoms with Gasteiger partial charge in [0.05, 0.1) is 18.6 Å². The van der Waals surface area contributed by atoms with Gasteiger partial charge in [0.1, 0.15) is 11.8 Å². The van der Waals surface area contributed by atoms with Crippen LogP contribution in [0.15, 0.2) is 78.9 Å². The van der Waals surface area contributed by atoms with Crippen LogP contribution in [-0.4, -0.2) is 56.6 Å². The minimum atomic E-state index is -3.60. The number of sulfonamides is 1. The predicted molar refractivity (Wildman–Crippen MR) is 173 cm³/mol. The van der Waals surface area contributed by atoms with E-state index in [-0.39, 0.29) is 43.8 Å². The Balaban J connectivity index is 1.86. The Morgan fingerprint density at radius 1 is 0.907 bits per heavy atom. The molecule has 232 valence electrons. The Bertz CT molecular complexity index is 1410. The average molecular weight is 608 g/mol. The molecule has 3 aromatic carbocycles. The van der Waals surface area contributed by atoms with Gasteiger partial charge in [0.25, 0.3) is 0 Å². The molecule has 0 bridgehead atoms. The summed E-state index contributed by atoms with van der Waals surface area (Å²) in [5.41, 5.74) is 3.48. The van der Waals surface area contributed by atoms with E-state index in [1.54, 1.807) is 29.2 Å². The van der Waals surface area contributed by atoms with Gasteiger partial charge >= 0.3 is 0 Å². The zero-order valence-corrected chi connectivity index (χ0v) is 26.8. The van der Waals surface area contributed by atoms with Gasteiger partial charge in [0, 0.05) is 32.0 Å². The monoisotopic (exact) mass is 607 g/mol. The van der Waals surface area contributed by atoms with Crippen molar-refractivity contribution in [1.29, 1.82) is 0 Å². The van der Waals surface area contributed by atoms with E-state index < -0.39 is 16.1 Å². The van der Waals surface area contributed by atoms with Crippen LogP contribution in [0.3, 0.4) is 0 Å². The number of hydrogen-bond donors (Lipinski definition) is 1. The first-order valence-corrected chi connectivity index (χ1v) is 16.8. The highest BCUT2D eigenvalue weighted by molar-refractivity contribution is 7.92. The maximum Gasteiger partial charge on any atom is 0.243 e. The topological polar surface area (TPSA) is 96.0 Å². The maximum absolute atomic E-state index is 14.0. The summed E-state index contributed by atoms with van der Waals surface area (Å²) < 4.78 is 32.2. The number of rotatable bonds is 16. The molecule has 0 saturated heterocycles. The standard InChI is InChI=1S/C34H45N3O5S/c1-6-27(4)35-34(39)32(24-28-12-9-8-10-13-28)36(25-29-17-15-26(3)16-18-29)33(38)14-11-23-37(43(5,40)41)30-19-21-31(22-20-30)42-7-2/h8-10,12-13,15-22,27,32H,6-7,11,14,23-25H2,1-5H3,(H,35,39)/t27-,32-/m0/s1. The third-order valence-electron chi connectivity index (χ3n) is 7.33. The summed E-state index contributed by atoms with van der Waals surface area (Å²) in [5.74, 6) is 0.244. The van der Waals surface area contributed by atoms with Crippen molar-refractivity contribution in [1.82, 2.24) is 10.2 Å². The van der Waals surface area contributed by atoms with Gasteiger partial charge in [-0.05, 0) is 69.0 Å². The zero-order chi connectivity index (χ0) is 31.4. The van der Waals surface area contributed by atoms with Gasteiger partial charge in [0.15, 0.2) is 0 Å². The molecule has 2 amide bonds. The second-order valence-corrected chi connectivity index (χ2v) is 12.8. The highest BCUT2D eigenvalue weighted by Gasteiger charge is 2.31. The second-order valence-electron chi connectivity index (χ2n) is 10.9. The van der Waals surface area contributed by atoms with Crippen LogP contribution in [0.1, 0.15) is 56.7 Å². The molecule has 0 aromatic heterocycles. The summed E-state index contributed by atoms with van der Waals surface area (Å²) in [6.07, 6.45) is 2.65. The number of benzene rings is 3. The molecule has 0 aliphatic heterocycles. The average Bonchev–Trinajstić information content (AvgIpc) is 2.98. The Morgan fingerprint density at radius 2 is 1.56 bits per heavy atom. The lowest BCUT2D eigenvalue weighted by molar-refractivity contribution is -0.141. The van der Waals surface area contributed by atoms with Crippen LogP contribution < -0.4 is 14.4 Å². The van der Waals surface area contributed by atoms with E-state index in [2.05, 4.69) is 5.32 Å². The maximum atomic E-state index is 14.0. The fourth-order valence-corrected chi connectivity index (χ4v) is 5.73. The number of carbonyl (C=O) groups is 2. The van der Waals surface area contributed by atoms with E-state index in [1.165, 1.54) is 4.31 Å². The fraction of sp³-hybridized carbons (Fsp3) is 0.412. The van der Waals surface area contributed by atoms with Crippen molar-refractivity contribution in [3.63, 3.8) is 0 Å². The summed E-state index contributed by atoms with van der Waals surface area (Å²) in [7, 11) is -3.60. The number of hydrogen-bond acceptors (Lipinski definition) is 5. The molecule has 0 unspecified atom stereocenters. The number of carbonyl (C=O) groups excluding carboxylic acids is 2. The van der Waals surface area contributed by atoms with Crippen LogP contribution in [0.25, 0.3) is 0 Å². The van der Waals surface area contributed by atoms with Crippen molar-refractivity contribution in [3.8, 4) is 5.75 Å². The molecule has 3 aromatic rings. The van der Waals surface area contributed by atoms with Crippen molar-refractivity contribution in [2.75, 3.05) is 23.7 Å². The molecule has 0 aliphatic rings. The molecule has 8 nitrogen and oxygen atoms in total. The van der Waals surface area contributed by atoms with Gasteiger partial charge < -0.3 is 15.0 Å².